The SMILES string of the molecule is CC(=O)C=CC1(C)CC=CCC1. The van der Waals surface area contributed by atoms with E-state index in [0.29, 0.717) is 0 Å². The molecule has 0 amide bonds. The van der Waals surface area contributed by atoms with Gasteiger partial charge in [0, 0.05) is 0 Å². The van der Waals surface area contributed by atoms with E-state index in [4.69, 9.17) is 0 Å². The molecule has 1 aliphatic carbocycles. The van der Waals surface area contributed by atoms with Crippen LogP contribution in [-0.2, 0) is 4.79 Å². The van der Waals surface area contributed by atoms with Crippen LogP contribution in [0.2, 0.25) is 0 Å². The molecule has 0 aromatic carbocycles. The summed E-state index contributed by atoms with van der Waals surface area (Å²) in [6, 6.07) is 0. The van der Waals surface area contributed by atoms with Crippen molar-refractivity contribution in [2.24, 2.45) is 5.41 Å². The highest BCUT2D eigenvalue weighted by Gasteiger charge is 2.20. The minimum absolute atomic E-state index is 0.144. The molecule has 0 saturated heterocycles. The van der Waals surface area contributed by atoms with Crippen LogP contribution in [0.15, 0.2) is 24.3 Å². The Bertz CT molecular complexity index is 225. The van der Waals surface area contributed by atoms with Crippen molar-refractivity contribution in [3.63, 3.8) is 0 Å². The van der Waals surface area contributed by atoms with Crippen molar-refractivity contribution in [2.75, 3.05) is 0 Å². The number of hydrogen-bond acceptors (Lipinski definition) is 1. The predicted octanol–water partition coefficient (Wildman–Crippen LogP) is 2.88. The second kappa shape index (κ2) is 3.70. The molecule has 1 atom stereocenters. The second-order valence-corrected chi connectivity index (χ2v) is 3.81. The maximum absolute atomic E-state index is 10.7. The van der Waals surface area contributed by atoms with E-state index in [1.165, 1.54) is 0 Å². The number of allylic oxidation sites excluding steroid dienone is 4. The molecule has 0 fully saturated rings. The predicted molar refractivity (Wildman–Crippen MR) is 50.9 cm³/mol. The Morgan fingerprint density at radius 2 is 2.25 bits per heavy atom. The smallest absolute Gasteiger partial charge is 0.152 e. The number of carbonyl (C=O) groups is 1. The van der Waals surface area contributed by atoms with Crippen LogP contribution in [0.4, 0.5) is 0 Å². The summed E-state index contributed by atoms with van der Waals surface area (Å²) in [5, 5.41) is 0. The largest absolute Gasteiger partial charge is 0.295 e. The van der Waals surface area contributed by atoms with Gasteiger partial charge in [0.1, 0.15) is 0 Å². The molecule has 1 nitrogen and oxygen atoms in total. The molecule has 0 aromatic rings. The first-order chi connectivity index (χ1) is 5.62. The van der Waals surface area contributed by atoms with Crippen LogP contribution in [-0.4, -0.2) is 5.78 Å². The van der Waals surface area contributed by atoms with Crippen LogP contribution in [0.1, 0.15) is 33.1 Å². The van der Waals surface area contributed by atoms with Gasteiger partial charge in [-0.15, -0.1) is 0 Å². The van der Waals surface area contributed by atoms with Gasteiger partial charge >= 0.3 is 0 Å². The third-order valence-electron chi connectivity index (χ3n) is 2.35. The molecule has 0 aliphatic heterocycles. The Morgan fingerprint density at radius 1 is 1.50 bits per heavy atom. The van der Waals surface area contributed by atoms with E-state index in [0.717, 1.165) is 19.3 Å². The number of carbonyl (C=O) groups excluding carboxylic acids is 1. The molecule has 0 N–H and O–H groups in total. The van der Waals surface area contributed by atoms with Gasteiger partial charge in [-0.25, -0.2) is 0 Å². The van der Waals surface area contributed by atoms with Crippen molar-refractivity contribution >= 4 is 5.78 Å². The highest BCUT2D eigenvalue weighted by molar-refractivity contribution is 5.87. The van der Waals surface area contributed by atoms with Crippen molar-refractivity contribution in [1.82, 2.24) is 0 Å². The summed E-state index contributed by atoms with van der Waals surface area (Å²) in [6.07, 6.45) is 11.5. The third-order valence-corrected chi connectivity index (χ3v) is 2.35. The first-order valence-electron chi connectivity index (χ1n) is 4.47. The highest BCUT2D eigenvalue weighted by Crippen LogP contribution is 2.33. The minimum atomic E-state index is 0.144. The average molecular weight is 164 g/mol. The Labute approximate surface area is 74.2 Å². The zero-order valence-corrected chi connectivity index (χ0v) is 7.84. The zero-order valence-electron chi connectivity index (χ0n) is 7.84. The van der Waals surface area contributed by atoms with Crippen molar-refractivity contribution < 1.29 is 4.79 Å². The van der Waals surface area contributed by atoms with E-state index >= 15 is 0 Å². The summed E-state index contributed by atoms with van der Waals surface area (Å²) in [5.74, 6) is 0.144. The molecule has 0 spiro atoms. The Morgan fingerprint density at radius 3 is 2.75 bits per heavy atom. The van der Waals surface area contributed by atoms with Crippen molar-refractivity contribution in [2.45, 2.75) is 33.1 Å². The Kier molecular flexibility index (Phi) is 2.85. The molecule has 1 aliphatic rings. The van der Waals surface area contributed by atoms with Gasteiger partial charge in [-0.05, 0) is 37.7 Å². The van der Waals surface area contributed by atoms with Gasteiger partial charge in [0.2, 0.25) is 0 Å². The van der Waals surface area contributed by atoms with Gasteiger partial charge in [-0.1, -0.05) is 25.2 Å². The van der Waals surface area contributed by atoms with Crippen molar-refractivity contribution in [1.29, 1.82) is 0 Å². The third kappa shape index (κ3) is 2.65. The monoisotopic (exact) mass is 164 g/mol. The van der Waals surface area contributed by atoms with Gasteiger partial charge < -0.3 is 0 Å². The lowest BCUT2D eigenvalue weighted by Crippen LogP contribution is -2.14. The van der Waals surface area contributed by atoms with Gasteiger partial charge in [-0.2, -0.15) is 0 Å². The summed E-state index contributed by atoms with van der Waals surface area (Å²) in [5.41, 5.74) is 0.223. The Balaban J connectivity index is 2.59. The summed E-state index contributed by atoms with van der Waals surface area (Å²) >= 11 is 0. The lowest BCUT2D eigenvalue weighted by atomic mass is 9.78. The molecular weight excluding hydrogens is 148 g/mol. The van der Waals surface area contributed by atoms with E-state index in [2.05, 4.69) is 25.2 Å². The van der Waals surface area contributed by atoms with E-state index in [-0.39, 0.29) is 11.2 Å². The van der Waals surface area contributed by atoms with Gasteiger partial charge in [0.05, 0.1) is 0 Å². The van der Waals surface area contributed by atoms with Gasteiger partial charge in [-0.3, -0.25) is 4.79 Å². The summed E-state index contributed by atoms with van der Waals surface area (Å²) in [6.45, 7) is 3.80. The lowest BCUT2D eigenvalue weighted by molar-refractivity contribution is -0.112. The highest BCUT2D eigenvalue weighted by atomic mass is 16.1. The van der Waals surface area contributed by atoms with Crippen LogP contribution in [0.25, 0.3) is 0 Å². The minimum Gasteiger partial charge on any atom is -0.295 e. The summed E-state index contributed by atoms with van der Waals surface area (Å²) in [4.78, 5) is 10.7. The summed E-state index contributed by atoms with van der Waals surface area (Å²) < 4.78 is 0. The zero-order chi connectivity index (χ0) is 9.03. The van der Waals surface area contributed by atoms with Gasteiger partial charge in [0.15, 0.2) is 5.78 Å². The molecule has 1 unspecified atom stereocenters. The molecule has 1 heteroatoms. The van der Waals surface area contributed by atoms with E-state index in [9.17, 15) is 4.79 Å². The lowest BCUT2D eigenvalue weighted by Gasteiger charge is -2.26. The molecule has 0 heterocycles. The fourth-order valence-electron chi connectivity index (χ4n) is 1.46. The fourth-order valence-corrected chi connectivity index (χ4v) is 1.46. The standard InChI is InChI=1S/C11H16O/c1-10(12)6-9-11(2)7-4-3-5-8-11/h3-4,6,9H,5,7-8H2,1-2H3. The normalized spacial score (nSPS) is 29.5. The van der Waals surface area contributed by atoms with Crippen LogP contribution >= 0.6 is 0 Å². The molecule has 0 bridgehead atoms. The van der Waals surface area contributed by atoms with E-state index in [1.807, 2.05) is 0 Å². The second-order valence-electron chi connectivity index (χ2n) is 3.81. The summed E-state index contributed by atoms with van der Waals surface area (Å²) in [7, 11) is 0. The van der Waals surface area contributed by atoms with Crippen LogP contribution in [0.3, 0.4) is 0 Å². The molecular formula is C11H16O. The molecule has 0 saturated carbocycles. The number of rotatable bonds is 2. The average Bonchev–Trinajstić information content (AvgIpc) is 2.03. The molecule has 66 valence electrons. The molecule has 1 rings (SSSR count). The van der Waals surface area contributed by atoms with Gasteiger partial charge in [0.25, 0.3) is 0 Å². The maximum Gasteiger partial charge on any atom is 0.152 e. The molecule has 0 aromatic heterocycles. The van der Waals surface area contributed by atoms with Crippen molar-refractivity contribution in [3.8, 4) is 0 Å². The van der Waals surface area contributed by atoms with Crippen molar-refractivity contribution in [3.05, 3.63) is 24.3 Å². The van der Waals surface area contributed by atoms with Crippen LogP contribution < -0.4 is 0 Å². The quantitative estimate of drug-likeness (QED) is 0.453. The van der Waals surface area contributed by atoms with Crippen LogP contribution in [0.5, 0.6) is 0 Å². The van der Waals surface area contributed by atoms with E-state index in [1.54, 1.807) is 13.0 Å². The number of hydrogen-bond donors (Lipinski definition) is 0. The molecule has 12 heavy (non-hydrogen) atoms. The van der Waals surface area contributed by atoms with E-state index < -0.39 is 0 Å². The van der Waals surface area contributed by atoms with Crippen LogP contribution in [0, 0.1) is 5.41 Å². The Hall–Kier alpha value is -0.850. The first-order valence-corrected chi connectivity index (χ1v) is 4.47. The maximum atomic E-state index is 10.7. The molecule has 0 radical (unpaired) electrons. The fraction of sp³-hybridized carbons (Fsp3) is 0.545. The topological polar surface area (TPSA) is 17.1 Å². The number of ketones is 1. The first kappa shape index (κ1) is 9.24.